The minimum Gasteiger partial charge on any atom is -0.450 e. The number of hydrogen-bond donors (Lipinski definition) is 0. The number of carbonyl (C=O) groups is 2. The first-order valence-electron chi connectivity index (χ1n) is 12.3. The maximum absolute atomic E-state index is 13.2. The van der Waals surface area contributed by atoms with E-state index in [1.54, 1.807) is 23.2 Å². The first kappa shape index (κ1) is 23.5. The molecule has 0 bridgehead atoms. The third-order valence-electron chi connectivity index (χ3n) is 6.80. The molecule has 9 heteroatoms. The van der Waals surface area contributed by atoms with E-state index in [1.165, 1.54) is 10.4 Å². The van der Waals surface area contributed by atoms with Crippen LogP contribution in [0.25, 0.3) is 20.7 Å². The molecule has 2 amide bonds. The van der Waals surface area contributed by atoms with Gasteiger partial charge in [-0.25, -0.2) is 14.8 Å². The van der Waals surface area contributed by atoms with E-state index in [0.717, 1.165) is 47.8 Å². The number of rotatable bonds is 4. The van der Waals surface area contributed by atoms with Crippen LogP contribution < -0.4 is 4.90 Å². The van der Waals surface area contributed by atoms with Crippen molar-refractivity contribution in [1.82, 2.24) is 19.8 Å². The van der Waals surface area contributed by atoms with Crippen LogP contribution in [-0.2, 0) is 9.53 Å². The van der Waals surface area contributed by atoms with Crippen molar-refractivity contribution < 1.29 is 14.3 Å². The molecule has 8 nitrogen and oxygen atoms in total. The molecule has 0 radical (unpaired) electrons. The SMILES string of the molecule is CCOC(=O)N1CCN(C(=O)C2CCN(c3nc(C)nc4sc(-c5ccccc5)cc34)CC2)CC1. The Balaban J connectivity index is 1.24. The summed E-state index contributed by atoms with van der Waals surface area (Å²) in [5.74, 6) is 1.96. The van der Waals surface area contributed by atoms with Crippen molar-refractivity contribution in [2.24, 2.45) is 5.92 Å². The molecule has 2 fully saturated rings. The molecule has 184 valence electrons. The number of carbonyl (C=O) groups excluding carboxylic acids is 2. The normalized spacial score (nSPS) is 17.1. The number of nitrogens with zero attached hydrogens (tertiary/aromatic N) is 5. The summed E-state index contributed by atoms with van der Waals surface area (Å²) in [5, 5.41) is 1.08. The van der Waals surface area contributed by atoms with Gasteiger partial charge in [0.05, 0.1) is 12.0 Å². The molecule has 1 aromatic carbocycles. The maximum atomic E-state index is 13.2. The Bertz CT molecular complexity index is 1200. The zero-order valence-electron chi connectivity index (χ0n) is 20.3. The predicted molar refractivity (Wildman–Crippen MR) is 138 cm³/mol. The minimum atomic E-state index is -0.289. The zero-order chi connectivity index (χ0) is 24.4. The molecule has 3 aromatic rings. The predicted octanol–water partition coefficient (Wildman–Crippen LogP) is 4.18. The van der Waals surface area contributed by atoms with Crippen molar-refractivity contribution in [3.8, 4) is 10.4 Å². The minimum absolute atomic E-state index is 0.0150. The Morgan fingerprint density at radius 2 is 1.69 bits per heavy atom. The van der Waals surface area contributed by atoms with E-state index in [9.17, 15) is 9.59 Å². The Hall–Kier alpha value is -3.20. The smallest absolute Gasteiger partial charge is 0.409 e. The molecule has 2 aliphatic heterocycles. The van der Waals surface area contributed by atoms with E-state index in [4.69, 9.17) is 14.7 Å². The van der Waals surface area contributed by atoms with Crippen molar-refractivity contribution in [2.75, 3.05) is 50.8 Å². The van der Waals surface area contributed by atoms with Gasteiger partial charge >= 0.3 is 6.09 Å². The van der Waals surface area contributed by atoms with Crippen LogP contribution in [0.5, 0.6) is 0 Å². The molecule has 0 saturated carbocycles. The lowest BCUT2D eigenvalue weighted by Gasteiger charge is -2.38. The quantitative estimate of drug-likeness (QED) is 0.543. The highest BCUT2D eigenvalue weighted by Gasteiger charge is 2.32. The number of amides is 2. The highest BCUT2D eigenvalue weighted by molar-refractivity contribution is 7.21. The van der Waals surface area contributed by atoms with Crippen molar-refractivity contribution in [3.05, 3.63) is 42.2 Å². The van der Waals surface area contributed by atoms with E-state index in [0.29, 0.717) is 32.8 Å². The Labute approximate surface area is 209 Å². The van der Waals surface area contributed by atoms with Gasteiger partial charge in [-0.1, -0.05) is 30.3 Å². The number of piperidine rings is 1. The summed E-state index contributed by atoms with van der Waals surface area (Å²) in [6.45, 7) is 7.90. The third-order valence-corrected chi connectivity index (χ3v) is 7.88. The number of thiophene rings is 1. The van der Waals surface area contributed by atoms with Gasteiger partial charge in [0.2, 0.25) is 5.91 Å². The summed E-state index contributed by atoms with van der Waals surface area (Å²) >= 11 is 1.70. The largest absolute Gasteiger partial charge is 0.450 e. The molecule has 0 atom stereocenters. The Morgan fingerprint density at radius 3 is 2.37 bits per heavy atom. The summed E-state index contributed by atoms with van der Waals surface area (Å²) in [6, 6.07) is 12.6. The molecule has 0 spiro atoms. The van der Waals surface area contributed by atoms with E-state index < -0.39 is 0 Å². The van der Waals surface area contributed by atoms with Crippen LogP contribution in [0.15, 0.2) is 36.4 Å². The molecule has 35 heavy (non-hydrogen) atoms. The van der Waals surface area contributed by atoms with Gasteiger partial charge in [0.15, 0.2) is 0 Å². The van der Waals surface area contributed by atoms with Crippen LogP contribution in [0, 0.1) is 12.8 Å². The van der Waals surface area contributed by atoms with Gasteiger partial charge in [0.1, 0.15) is 16.5 Å². The second-order valence-corrected chi connectivity index (χ2v) is 10.1. The number of hydrogen-bond acceptors (Lipinski definition) is 7. The lowest BCUT2D eigenvalue weighted by Crippen LogP contribution is -2.53. The van der Waals surface area contributed by atoms with E-state index in [1.807, 2.05) is 17.9 Å². The van der Waals surface area contributed by atoms with E-state index in [-0.39, 0.29) is 17.9 Å². The van der Waals surface area contributed by atoms with E-state index in [2.05, 4.69) is 35.2 Å². The zero-order valence-corrected chi connectivity index (χ0v) is 21.1. The van der Waals surface area contributed by atoms with Crippen LogP contribution >= 0.6 is 11.3 Å². The molecule has 2 aromatic heterocycles. The molecular weight excluding hydrogens is 462 g/mol. The molecule has 5 rings (SSSR count). The first-order valence-corrected chi connectivity index (χ1v) is 13.1. The molecule has 0 N–H and O–H groups in total. The second kappa shape index (κ2) is 10.2. The maximum Gasteiger partial charge on any atom is 0.409 e. The third kappa shape index (κ3) is 4.96. The van der Waals surface area contributed by atoms with Gasteiger partial charge in [0.25, 0.3) is 0 Å². The van der Waals surface area contributed by atoms with E-state index >= 15 is 0 Å². The number of aryl methyl sites for hydroxylation is 1. The Morgan fingerprint density at radius 1 is 1.00 bits per heavy atom. The summed E-state index contributed by atoms with van der Waals surface area (Å²) in [5.41, 5.74) is 1.19. The average Bonchev–Trinajstić information content (AvgIpc) is 3.33. The van der Waals surface area contributed by atoms with Crippen molar-refractivity contribution in [2.45, 2.75) is 26.7 Å². The highest BCUT2D eigenvalue weighted by Crippen LogP contribution is 2.37. The van der Waals surface area contributed by atoms with Crippen LogP contribution in [0.2, 0.25) is 0 Å². The molecule has 2 saturated heterocycles. The number of anilines is 1. The molecule has 4 heterocycles. The van der Waals surface area contributed by atoms with Gasteiger partial charge < -0.3 is 19.4 Å². The van der Waals surface area contributed by atoms with Crippen LogP contribution in [-0.4, -0.2) is 77.6 Å². The van der Waals surface area contributed by atoms with Crippen LogP contribution in [0.3, 0.4) is 0 Å². The van der Waals surface area contributed by atoms with Gasteiger partial charge in [-0.15, -0.1) is 11.3 Å². The molecule has 0 unspecified atom stereocenters. The topological polar surface area (TPSA) is 78.9 Å². The molecule has 2 aliphatic rings. The standard InChI is InChI=1S/C26H31N5O3S/c1-3-34-26(33)31-15-13-30(14-16-31)25(32)20-9-11-29(12-10-20)23-21-17-22(19-7-5-4-6-8-19)35-24(21)28-18(2)27-23/h4-8,17,20H,3,9-16H2,1-2H3. The number of fused-ring (bicyclic) bond motifs is 1. The number of piperazine rings is 1. The van der Waals surface area contributed by atoms with Gasteiger partial charge in [-0.05, 0) is 38.3 Å². The average molecular weight is 494 g/mol. The van der Waals surface area contributed by atoms with Crippen LogP contribution in [0.1, 0.15) is 25.6 Å². The fourth-order valence-electron chi connectivity index (χ4n) is 4.92. The van der Waals surface area contributed by atoms with Gasteiger partial charge in [0, 0.05) is 50.1 Å². The first-order chi connectivity index (χ1) is 17.0. The van der Waals surface area contributed by atoms with Gasteiger partial charge in [-0.2, -0.15) is 0 Å². The fourth-order valence-corrected chi connectivity index (χ4v) is 5.99. The molecule has 0 aliphatic carbocycles. The Kier molecular flexibility index (Phi) is 6.86. The van der Waals surface area contributed by atoms with Crippen molar-refractivity contribution >= 4 is 39.4 Å². The van der Waals surface area contributed by atoms with Gasteiger partial charge in [-0.3, -0.25) is 4.79 Å². The molecular formula is C26H31N5O3S. The summed E-state index contributed by atoms with van der Waals surface area (Å²) in [4.78, 5) is 42.7. The van der Waals surface area contributed by atoms with Crippen LogP contribution in [0.4, 0.5) is 10.6 Å². The number of ether oxygens (including phenoxy) is 1. The summed E-state index contributed by atoms with van der Waals surface area (Å²) < 4.78 is 5.08. The van der Waals surface area contributed by atoms with Crippen molar-refractivity contribution in [3.63, 3.8) is 0 Å². The van der Waals surface area contributed by atoms with Crippen molar-refractivity contribution in [1.29, 1.82) is 0 Å². The summed E-state index contributed by atoms with van der Waals surface area (Å²) in [7, 11) is 0. The summed E-state index contributed by atoms with van der Waals surface area (Å²) in [6.07, 6.45) is 1.32. The number of benzene rings is 1. The lowest BCUT2D eigenvalue weighted by atomic mass is 9.94. The lowest BCUT2D eigenvalue weighted by molar-refractivity contribution is -0.137. The second-order valence-electron chi connectivity index (χ2n) is 9.06. The highest BCUT2D eigenvalue weighted by atomic mass is 32.1. The monoisotopic (exact) mass is 493 g/mol. The fraction of sp³-hybridized carbons (Fsp3) is 0.462. The number of aromatic nitrogens is 2.